The van der Waals surface area contributed by atoms with Gasteiger partial charge in [0.1, 0.15) is 42.0 Å². The van der Waals surface area contributed by atoms with Crippen LogP contribution in [0.5, 0.6) is 5.75 Å². The number of primary amides is 1. The second kappa shape index (κ2) is 22.6. The molecule has 1 aliphatic heterocycles. The number of carbonyl (C=O) groups is 8. The minimum absolute atomic E-state index is 0.0491. The molecular formula is C36H57N11O11. The summed E-state index contributed by atoms with van der Waals surface area (Å²) in [7, 11) is 0. The van der Waals surface area contributed by atoms with Gasteiger partial charge in [-0.25, -0.2) is 0 Å². The number of carbonyl (C=O) groups excluding carboxylic acids is 7. The van der Waals surface area contributed by atoms with Crippen molar-refractivity contribution in [1.82, 2.24) is 31.5 Å². The number of nitrogens with two attached hydrogens (primary N) is 4. The molecule has 1 aliphatic rings. The molecule has 0 unspecified atom stereocenters. The Labute approximate surface area is 335 Å². The van der Waals surface area contributed by atoms with E-state index in [4.69, 9.17) is 22.9 Å². The smallest absolute Gasteiger partial charge is 0.303 e. The summed E-state index contributed by atoms with van der Waals surface area (Å²) >= 11 is 0. The number of aliphatic carboxylic acids is 1. The predicted molar refractivity (Wildman–Crippen MR) is 208 cm³/mol. The molecule has 1 aromatic carbocycles. The molecule has 0 spiro atoms. The van der Waals surface area contributed by atoms with Crippen molar-refractivity contribution in [3.8, 4) is 5.75 Å². The van der Waals surface area contributed by atoms with E-state index in [1.54, 1.807) is 13.8 Å². The first kappa shape index (κ1) is 48.1. The van der Waals surface area contributed by atoms with E-state index in [1.165, 1.54) is 43.0 Å². The quantitative estimate of drug-likeness (QED) is 0.0283. The summed E-state index contributed by atoms with van der Waals surface area (Å²) in [6, 6.07) is -3.23. The van der Waals surface area contributed by atoms with E-state index in [9.17, 15) is 53.7 Å². The first-order chi connectivity index (χ1) is 27.1. The highest BCUT2D eigenvalue weighted by Crippen LogP contribution is 2.16. The molecule has 0 saturated carbocycles. The van der Waals surface area contributed by atoms with Crippen LogP contribution < -0.4 is 49.5 Å². The molecule has 0 bridgehead atoms. The molecular weight excluding hydrogens is 762 g/mol. The highest BCUT2D eigenvalue weighted by atomic mass is 16.4. The normalized spacial score (nSPS) is 17.4. The summed E-state index contributed by atoms with van der Waals surface area (Å²) in [6.07, 6.45) is -2.00. The zero-order valence-electron chi connectivity index (χ0n) is 33.0. The summed E-state index contributed by atoms with van der Waals surface area (Å²) in [5.74, 6) is -7.90. The number of phenolic OH excluding ortho intramolecular Hbond substituents is 1. The molecule has 0 aromatic heterocycles. The maximum Gasteiger partial charge on any atom is 0.303 e. The van der Waals surface area contributed by atoms with Crippen LogP contribution in [0.15, 0.2) is 29.3 Å². The summed E-state index contributed by atoms with van der Waals surface area (Å²) in [5, 5.41) is 42.0. The summed E-state index contributed by atoms with van der Waals surface area (Å²) in [4.78, 5) is 108. The van der Waals surface area contributed by atoms with Gasteiger partial charge in [-0.2, -0.15) is 0 Å². The fourth-order valence-corrected chi connectivity index (χ4v) is 5.89. The summed E-state index contributed by atoms with van der Waals surface area (Å²) in [6.45, 7) is 6.07. The van der Waals surface area contributed by atoms with Crippen LogP contribution in [-0.4, -0.2) is 135 Å². The number of phenols is 1. The fraction of sp³-hybridized carbons (Fsp3) is 0.583. The third kappa shape index (κ3) is 15.1. The molecule has 1 aromatic rings. The van der Waals surface area contributed by atoms with Gasteiger partial charge in [-0.05, 0) is 63.1 Å². The van der Waals surface area contributed by atoms with Crippen LogP contribution in [0.2, 0.25) is 0 Å². The van der Waals surface area contributed by atoms with Crippen molar-refractivity contribution >= 4 is 53.3 Å². The lowest BCUT2D eigenvalue weighted by molar-refractivity contribution is -0.140. The topological polar surface area (TPSA) is 377 Å². The minimum Gasteiger partial charge on any atom is -0.508 e. The van der Waals surface area contributed by atoms with Gasteiger partial charge in [-0.1, -0.05) is 26.0 Å². The lowest BCUT2D eigenvalue weighted by Crippen LogP contribution is -2.62. The number of hydrogen-bond donors (Lipinski definition) is 12. The van der Waals surface area contributed by atoms with E-state index < -0.39 is 114 Å². The number of aromatic hydroxyl groups is 1. The molecule has 2 rings (SSSR count). The van der Waals surface area contributed by atoms with E-state index >= 15 is 0 Å². The molecule has 8 atom stereocenters. The van der Waals surface area contributed by atoms with Crippen LogP contribution in [0.1, 0.15) is 65.4 Å². The standard InChI is InChI=1S/C36H57N11O11/c1-17(2)27(33(56)42-23(11-12-26(50)51)31(54)43-24-13-15-47(35(24)58)18(3)29(38)52)45-34(57)28(19(4)48)46-32(55)25(16-20-7-9-21(49)10-8-20)44-30(53)22(37)6-5-14-41-36(39)40/h7-10,17-19,22-25,27-28,48-49H,5-6,11-16,37H2,1-4H3,(H2,38,52)(H,42,56)(H,43,54)(H,44,53)(H,45,57)(H,46,55)(H,50,51)(H4,39,40,41)/t18-,19+,22-,23-,24-,25-,27-,28-/m1/s1. The average molecular weight is 820 g/mol. The highest BCUT2D eigenvalue weighted by molar-refractivity contribution is 5.98. The fourth-order valence-electron chi connectivity index (χ4n) is 5.89. The van der Waals surface area contributed by atoms with Crippen molar-refractivity contribution < 1.29 is 53.7 Å². The third-order valence-corrected chi connectivity index (χ3v) is 9.34. The SMILES string of the molecule is CC(C)[C@@H](NC(=O)[C@H](NC(=O)[C@@H](Cc1ccc(O)cc1)NC(=O)[C@H](N)CCCN=C(N)N)[C@H](C)O)C(=O)N[C@H](CCC(=O)O)C(=O)N[C@@H]1CCN([C@H](C)C(N)=O)C1=O. The number of benzene rings is 1. The number of nitrogens with one attached hydrogen (secondary N) is 5. The molecule has 1 fully saturated rings. The molecule has 0 radical (unpaired) electrons. The van der Waals surface area contributed by atoms with Crippen molar-refractivity contribution in [2.24, 2.45) is 33.8 Å². The second-order valence-electron chi connectivity index (χ2n) is 14.4. The molecule has 7 amide bonds. The minimum atomic E-state index is -1.68. The van der Waals surface area contributed by atoms with Crippen LogP contribution in [0, 0.1) is 5.92 Å². The van der Waals surface area contributed by atoms with E-state index in [0.717, 1.165) is 0 Å². The van der Waals surface area contributed by atoms with Gasteiger partial charge in [0.25, 0.3) is 0 Å². The third-order valence-electron chi connectivity index (χ3n) is 9.34. The lowest BCUT2D eigenvalue weighted by atomic mass is 10.00. The van der Waals surface area contributed by atoms with Crippen LogP contribution in [0.25, 0.3) is 0 Å². The van der Waals surface area contributed by atoms with E-state index in [1.807, 2.05) is 0 Å². The van der Waals surface area contributed by atoms with Gasteiger partial charge in [-0.3, -0.25) is 43.3 Å². The zero-order valence-corrected chi connectivity index (χ0v) is 33.0. The van der Waals surface area contributed by atoms with E-state index in [2.05, 4.69) is 31.6 Å². The maximum atomic E-state index is 13.7. The van der Waals surface area contributed by atoms with Gasteiger partial charge >= 0.3 is 5.97 Å². The monoisotopic (exact) mass is 819 g/mol. The van der Waals surface area contributed by atoms with Gasteiger partial charge in [0.15, 0.2) is 5.96 Å². The van der Waals surface area contributed by atoms with E-state index in [0.29, 0.717) is 12.0 Å². The number of guanidine groups is 1. The Hall–Kier alpha value is -6.03. The molecule has 0 aliphatic carbocycles. The number of nitrogens with zero attached hydrogens (tertiary/aromatic N) is 2. The summed E-state index contributed by atoms with van der Waals surface area (Å²) in [5.41, 5.74) is 22.5. The molecule has 1 heterocycles. The maximum absolute atomic E-state index is 13.7. The Kier molecular flexibility index (Phi) is 18.8. The van der Waals surface area contributed by atoms with Crippen molar-refractivity contribution in [2.75, 3.05) is 13.1 Å². The van der Waals surface area contributed by atoms with Crippen LogP contribution in [-0.2, 0) is 44.8 Å². The van der Waals surface area contributed by atoms with Gasteiger partial charge in [0, 0.05) is 25.9 Å². The van der Waals surface area contributed by atoms with Crippen LogP contribution in [0.3, 0.4) is 0 Å². The van der Waals surface area contributed by atoms with Gasteiger partial charge in [-0.15, -0.1) is 0 Å². The Bertz CT molecular complexity index is 1670. The van der Waals surface area contributed by atoms with Crippen molar-refractivity contribution in [2.45, 2.75) is 115 Å². The zero-order chi connectivity index (χ0) is 43.9. The number of rotatable bonds is 23. The van der Waals surface area contributed by atoms with Crippen LogP contribution >= 0.6 is 0 Å². The number of carboxylic acid groups (broad SMARTS) is 1. The number of amides is 7. The molecule has 322 valence electrons. The second-order valence-corrected chi connectivity index (χ2v) is 14.4. The molecule has 1 saturated heterocycles. The Morgan fingerprint density at radius 2 is 1.41 bits per heavy atom. The van der Waals surface area contributed by atoms with Gasteiger partial charge < -0.3 is 69.7 Å². The molecule has 22 heteroatoms. The lowest BCUT2D eigenvalue weighted by Gasteiger charge is -2.29. The number of hydrogen-bond acceptors (Lipinski definition) is 12. The van der Waals surface area contributed by atoms with Gasteiger partial charge in [0.2, 0.25) is 41.4 Å². The number of likely N-dealkylation sites (tertiary alicyclic amines) is 1. The van der Waals surface area contributed by atoms with Crippen molar-refractivity contribution in [3.63, 3.8) is 0 Å². The Morgan fingerprint density at radius 1 is 0.828 bits per heavy atom. The number of aliphatic hydroxyl groups is 1. The Balaban J connectivity index is 2.24. The number of aliphatic hydroxyl groups excluding tert-OH is 1. The highest BCUT2D eigenvalue weighted by Gasteiger charge is 2.39. The molecule has 58 heavy (non-hydrogen) atoms. The number of aliphatic imine (C=N–C) groups is 1. The predicted octanol–water partition coefficient (Wildman–Crippen LogP) is -4.25. The van der Waals surface area contributed by atoms with Gasteiger partial charge in [0.05, 0.1) is 12.1 Å². The molecule has 22 nitrogen and oxygen atoms in total. The largest absolute Gasteiger partial charge is 0.508 e. The number of carboxylic acids is 1. The van der Waals surface area contributed by atoms with E-state index in [-0.39, 0.29) is 44.1 Å². The first-order valence-electron chi connectivity index (χ1n) is 18.7. The first-order valence-corrected chi connectivity index (χ1v) is 18.7. The van der Waals surface area contributed by atoms with Crippen LogP contribution in [0.4, 0.5) is 0 Å². The summed E-state index contributed by atoms with van der Waals surface area (Å²) < 4.78 is 0. The molecule has 16 N–H and O–H groups in total. The Morgan fingerprint density at radius 3 is 1.97 bits per heavy atom. The van der Waals surface area contributed by atoms with Crippen molar-refractivity contribution in [3.05, 3.63) is 29.8 Å². The average Bonchev–Trinajstić information content (AvgIpc) is 3.50. The van der Waals surface area contributed by atoms with Crippen molar-refractivity contribution in [1.29, 1.82) is 0 Å².